The summed E-state index contributed by atoms with van der Waals surface area (Å²) >= 11 is 5.94. The summed E-state index contributed by atoms with van der Waals surface area (Å²) in [5.41, 5.74) is 2.45. The minimum atomic E-state index is -1.09. The van der Waals surface area contributed by atoms with Gasteiger partial charge in [0.1, 0.15) is 24.7 Å². The Morgan fingerprint density at radius 3 is 2.43 bits per heavy atom. The van der Waals surface area contributed by atoms with Crippen LogP contribution in [0.1, 0.15) is 17.4 Å². The van der Waals surface area contributed by atoms with Gasteiger partial charge in [0, 0.05) is 41.6 Å². The molecule has 8 heteroatoms. The van der Waals surface area contributed by atoms with Crippen LogP contribution in [0.3, 0.4) is 0 Å². The number of ether oxygens (including phenoxy) is 1. The smallest absolute Gasteiger partial charge is 0.135 e. The van der Waals surface area contributed by atoms with Crippen molar-refractivity contribution in [3.8, 4) is 5.75 Å². The van der Waals surface area contributed by atoms with E-state index in [-0.39, 0.29) is 19.0 Å². The van der Waals surface area contributed by atoms with Gasteiger partial charge in [-0.2, -0.15) is 0 Å². The van der Waals surface area contributed by atoms with Gasteiger partial charge in [-0.15, -0.1) is 12.4 Å². The second-order valence-electron chi connectivity index (χ2n) is 7.33. The van der Waals surface area contributed by atoms with Gasteiger partial charge in [0.05, 0.1) is 5.69 Å². The molecule has 6 nitrogen and oxygen atoms in total. The van der Waals surface area contributed by atoms with Crippen molar-refractivity contribution >= 4 is 34.9 Å². The van der Waals surface area contributed by atoms with Crippen LogP contribution in [0.4, 0.5) is 0 Å². The largest absolute Gasteiger partial charge is 0.487 e. The number of aliphatic hydroxyl groups is 2. The molecule has 0 saturated heterocycles. The first-order valence-corrected chi connectivity index (χ1v) is 9.95. The summed E-state index contributed by atoms with van der Waals surface area (Å²) in [4.78, 5) is 2.01. The minimum absolute atomic E-state index is 0. The lowest BCUT2D eigenvalue weighted by Gasteiger charge is -2.22. The van der Waals surface area contributed by atoms with Crippen molar-refractivity contribution in [3.05, 3.63) is 64.8 Å². The van der Waals surface area contributed by atoms with Crippen molar-refractivity contribution < 1.29 is 14.9 Å². The maximum Gasteiger partial charge on any atom is 0.135 e. The molecule has 3 rings (SSSR count). The third-order valence-electron chi connectivity index (χ3n) is 4.97. The average molecular weight is 454 g/mol. The van der Waals surface area contributed by atoms with E-state index in [1.54, 1.807) is 24.3 Å². The van der Waals surface area contributed by atoms with Crippen molar-refractivity contribution in [2.45, 2.75) is 18.9 Å². The van der Waals surface area contributed by atoms with E-state index in [4.69, 9.17) is 16.3 Å². The van der Waals surface area contributed by atoms with Gasteiger partial charge >= 0.3 is 0 Å². The van der Waals surface area contributed by atoms with Crippen molar-refractivity contribution in [3.63, 3.8) is 0 Å². The summed E-state index contributed by atoms with van der Waals surface area (Å²) in [6.45, 7) is 1.57. The molecular formula is C22H29Cl2N3O3. The fourth-order valence-corrected chi connectivity index (χ4v) is 3.49. The average Bonchev–Trinajstić information content (AvgIpc) is 2.98. The zero-order valence-corrected chi connectivity index (χ0v) is 19.0. The Labute approximate surface area is 188 Å². The summed E-state index contributed by atoms with van der Waals surface area (Å²) in [6.07, 6.45) is -2.18. The molecule has 164 valence electrons. The van der Waals surface area contributed by atoms with E-state index in [1.807, 2.05) is 54.9 Å². The summed E-state index contributed by atoms with van der Waals surface area (Å²) < 4.78 is 7.94. The Kier molecular flexibility index (Phi) is 8.97. The van der Waals surface area contributed by atoms with E-state index in [0.717, 1.165) is 23.1 Å². The number of halogens is 2. The summed E-state index contributed by atoms with van der Waals surface area (Å²) in [6, 6.07) is 15.0. The Hall–Kier alpha value is -1.80. The number of likely N-dealkylation sites (N-methyl/N-ethyl adjacent to an activating group) is 1. The number of hydrogen-bond acceptors (Lipinski definition) is 5. The van der Waals surface area contributed by atoms with Crippen LogP contribution >= 0.6 is 24.0 Å². The Bertz CT molecular complexity index is 945. The number of aromatic nitrogens is 1. The lowest BCUT2D eigenvalue weighted by Crippen LogP contribution is -2.39. The summed E-state index contributed by atoms with van der Waals surface area (Å²) in [5, 5.41) is 26.0. The summed E-state index contributed by atoms with van der Waals surface area (Å²) in [7, 11) is 5.85. The second kappa shape index (κ2) is 11.0. The highest BCUT2D eigenvalue weighted by atomic mass is 35.5. The Balaban J connectivity index is 0.00000320. The third-order valence-corrected chi connectivity index (χ3v) is 5.22. The molecule has 0 fully saturated rings. The lowest BCUT2D eigenvalue weighted by atomic mass is 10.0. The molecule has 0 aliphatic heterocycles. The van der Waals surface area contributed by atoms with Crippen LogP contribution in [-0.2, 0) is 13.7 Å². The Morgan fingerprint density at radius 1 is 1.10 bits per heavy atom. The van der Waals surface area contributed by atoms with Gasteiger partial charge in [-0.3, -0.25) is 5.32 Å². The third kappa shape index (κ3) is 5.66. The maximum absolute atomic E-state index is 11.0. The van der Waals surface area contributed by atoms with E-state index in [1.165, 1.54) is 0 Å². The first-order chi connectivity index (χ1) is 13.9. The number of nitrogens with zero attached hydrogens (tertiary/aromatic N) is 2. The molecule has 1 aromatic heterocycles. The van der Waals surface area contributed by atoms with Crippen molar-refractivity contribution in [2.75, 3.05) is 27.2 Å². The van der Waals surface area contributed by atoms with Crippen molar-refractivity contribution in [1.29, 1.82) is 0 Å². The number of fused-ring (bicyclic) bond motifs is 1. The molecule has 0 radical (unpaired) electrons. The van der Waals surface area contributed by atoms with E-state index < -0.39 is 12.3 Å². The SMILES string of the molecule is CN(C)CCNC(O)C(O)c1c(COc2ccc(Cl)cc2)n(C)c2ccccc12.Cl. The maximum atomic E-state index is 11.0. The molecule has 0 aliphatic rings. The van der Waals surface area contributed by atoms with Crippen LogP contribution < -0.4 is 10.1 Å². The molecule has 0 bridgehead atoms. The molecule has 0 aliphatic carbocycles. The second-order valence-corrected chi connectivity index (χ2v) is 7.76. The number of aryl methyl sites for hydroxylation is 1. The van der Waals surface area contributed by atoms with Gasteiger partial charge in [0.25, 0.3) is 0 Å². The number of benzene rings is 2. The molecule has 0 amide bonds. The highest BCUT2D eigenvalue weighted by Crippen LogP contribution is 2.32. The zero-order chi connectivity index (χ0) is 21.0. The van der Waals surface area contributed by atoms with Gasteiger partial charge < -0.3 is 24.4 Å². The van der Waals surface area contributed by atoms with Crippen LogP contribution in [0.2, 0.25) is 5.02 Å². The molecule has 2 aromatic carbocycles. The van der Waals surface area contributed by atoms with Gasteiger partial charge in [-0.25, -0.2) is 0 Å². The van der Waals surface area contributed by atoms with Crippen LogP contribution in [0.25, 0.3) is 10.9 Å². The first-order valence-electron chi connectivity index (χ1n) is 9.57. The minimum Gasteiger partial charge on any atom is -0.487 e. The molecule has 0 spiro atoms. The fraction of sp³-hybridized carbons (Fsp3) is 0.364. The van der Waals surface area contributed by atoms with E-state index in [9.17, 15) is 10.2 Å². The van der Waals surface area contributed by atoms with E-state index >= 15 is 0 Å². The summed E-state index contributed by atoms with van der Waals surface area (Å²) in [5.74, 6) is 0.685. The number of para-hydroxylation sites is 1. The molecule has 30 heavy (non-hydrogen) atoms. The van der Waals surface area contributed by atoms with Crippen LogP contribution in [0, 0.1) is 0 Å². The molecule has 2 atom stereocenters. The molecular weight excluding hydrogens is 425 g/mol. The molecule has 2 unspecified atom stereocenters. The van der Waals surface area contributed by atoms with Gasteiger partial charge in [0.2, 0.25) is 0 Å². The predicted octanol–water partition coefficient (Wildman–Crippen LogP) is 3.34. The molecule has 1 heterocycles. The number of nitrogens with one attached hydrogen (secondary N) is 1. The highest BCUT2D eigenvalue weighted by molar-refractivity contribution is 6.30. The number of hydrogen-bond donors (Lipinski definition) is 3. The normalized spacial score (nSPS) is 13.3. The van der Waals surface area contributed by atoms with E-state index in [0.29, 0.717) is 22.9 Å². The van der Waals surface area contributed by atoms with Crippen LogP contribution in [-0.4, -0.2) is 53.1 Å². The topological polar surface area (TPSA) is 69.9 Å². The first kappa shape index (κ1) is 24.5. The highest BCUT2D eigenvalue weighted by Gasteiger charge is 2.26. The molecule has 0 saturated carbocycles. The van der Waals surface area contributed by atoms with Crippen molar-refractivity contribution in [1.82, 2.24) is 14.8 Å². The van der Waals surface area contributed by atoms with Gasteiger partial charge in [-0.05, 0) is 44.4 Å². The van der Waals surface area contributed by atoms with Gasteiger partial charge in [0.15, 0.2) is 0 Å². The van der Waals surface area contributed by atoms with Crippen molar-refractivity contribution in [2.24, 2.45) is 7.05 Å². The standard InChI is InChI=1S/C22H28ClN3O3.ClH/c1-25(2)13-12-24-22(28)21(27)20-17-6-4-5-7-18(17)26(3)19(20)14-29-16-10-8-15(23)9-11-16;/h4-11,21-22,24,27-28H,12-14H2,1-3H3;1H. The molecule has 3 N–H and O–H groups in total. The lowest BCUT2D eigenvalue weighted by molar-refractivity contribution is -0.00370. The quantitative estimate of drug-likeness (QED) is 0.433. The van der Waals surface area contributed by atoms with Crippen LogP contribution in [0.15, 0.2) is 48.5 Å². The number of aliphatic hydroxyl groups excluding tert-OH is 2. The predicted molar refractivity (Wildman–Crippen MR) is 123 cm³/mol. The van der Waals surface area contributed by atoms with Gasteiger partial charge in [-0.1, -0.05) is 29.8 Å². The monoisotopic (exact) mass is 453 g/mol. The van der Waals surface area contributed by atoms with Crippen LogP contribution in [0.5, 0.6) is 5.75 Å². The fourth-order valence-electron chi connectivity index (χ4n) is 3.37. The number of rotatable bonds is 9. The Morgan fingerprint density at radius 2 is 1.77 bits per heavy atom. The zero-order valence-electron chi connectivity index (χ0n) is 17.4. The molecule has 3 aromatic rings. The van der Waals surface area contributed by atoms with E-state index in [2.05, 4.69) is 5.32 Å².